The van der Waals surface area contributed by atoms with Gasteiger partial charge in [0.2, 0.25) is 0 Å². The number of nitrogens with zero attached hydrogens (tertiary/aromatic N) is 1. The molecule has 20 heavy (non-hydrogen) atoms. The van der Waals surface area contributed by atoms with Gasteiger partial charge < -0.3 is 15.4 Å². The van der Waals surface area contributed by atoms with E-state index < -0.39 is 0 Å². The Morgan fingerprint density at radius 1 is 1.15 bits per heavy atom. The molecule has 110 valence electrons. The lowest BCUT2D eigenvalue weighted by Crippen LogP contribution is -2.29. The molecule has 0 atom stereocenters. The Labute approximate surface area is 123 Å². The van der Waals surface area contributed by atoms with Crippen LogP contribution in [0.2, 0.25) is 0 Å². The number of unbranched alkanes of at least 4 members (excludes halogenated alkanes) is 1. The second kappa shape index (κ2) is 10.3. The molecule has 3 nitrogen and oxygen atoms in total. The third kappa shape index (κ3) is 6.60. The molecule has 0 amide bonds. The first-order valence-electron chi connectivity index (χ1n) is 7.44. The minimum Gasteiger partial charge on any atom is -0.492 e. The van der Waals surface area contributed by atoms with E-state index in [2.05, 4.69) is 30.6 Å². The molecule has 1 rings (SSSR count). The summed E-state index contributed by atoms with van der Waals surface area (Å²) in [6.45, 7) is 8.75. The molecule has 0 aliphatic rings. The molecule has 0 radical (unpaired) electrons. The van der Waals surface area contributed by atoms with Gasteiger partial charge in [-0.3, -0.25) is 0 Å². The topological polar surface area (TPSA) is 38.5 Å². The van der Waals surface area contributed by atoms with Crippen molar-refractivity contribution < 1.29 is 4.74 Å². The predicted molar refractivity (Wildman–Crippen MR) is 84.9 cm³/mol. The highest BCUT2D eigenvalue weighted by molar-refractivity contribution is 5.38. The zero-order valence-electron chi connectivity index (χ0n) is 12.7. The Kier molecular flexibility index (Phi) is 8.53. The number of rotatable bonds is 8. The van der Waals surface area contributed by atoms with Gasteiger partial charge in [-0.15, -0.1) is 0 Å². The van der Waals surface area contributed by atoms with E-state index in [1.165, 1.54) is 12.8 Å². The van der Waals surface area contributed by atoms with Gasteiger partial charge in [0, 0.05) is 12.1 Å². The van der Waals surface area contributed by atoms with Gasteiger partial charge in [0.25, 0.3) is 0 Å². The highest BCUT2D eigenvalue weighted by atomic mass is 16.5. The van der Waals surface area contributed by atoms with Crippen molar-refractivity contribution in [3.05, 3.63) is 29.8 Å². The van der Waals surface area contributed by atoms with Crippen molar-refractivity contribution in [3.8, 4) is 17.6 Å². The van der Waals surface area contributed by atoms with E-state index in [-0.39, 0.29) is 0 Å². The highest BCUT2D eigenvalue weighted by Crippen LogP contribution is 2.11. The summed E-state index contributed by atoms with van der Waals surface area (Å²) >= 11 is 0. The van der Waals surface area contributed by atoms with Gasteiger partial charge in [0.1, 0.15) is 12.4 Å². The van der Waals surface area contributed by atoms with Gasteiger partial charge in [-0.25, -0.2) is 0 Å². The van der Waals surface area contributed by atoms with Crippen LogP contribution in [0.5, 0.6) is 5.75 Å². The van der Waals surface area contributed by atoms with Crippen molar-refractivity contribution in [2.24, 2.45) is 5.73 Å². The van der Waals surface area contributed by atoms with Crippen molar-refractivity contribution >= 4 is 0 Å². The second-order valence-electron chi connectivity index (χ2n) is 4.67. The maximum absolute atomic E-state index is 5.76. The van der Waals surface area contributed by atoms with E-state index >= 15 is 0 Å². The third-order valence-corrected chi connectivity index (χ3v) is 3.14. The number of hydrogen-bond donors (Lipinski definition) is 1. The molecule has 0 aliphatic heterocycles. The molecule has 0 heterocycles. The van der Waals surface area contributed by atoms with Gasteiger partial charge in [0.15, 0.2) is 0 Å². The summed E-state index contributed by atoms with van der Waals surface area (Å²) in [5.41, 5.74) is 6.32. The fraction of sp³-hybridized carbons (Fsp3) is 0.529. The number of benzene rings is 1. The molecule has 0 bridgehead atoms. The Balaban J connectivity index is 2.34. The standard InChI is InChI=1S/C17H26N2O/c1-3-5-13-19(4-2)14-15-20-17-10-8-16(9-11-17)7-6-12-18/h8-11H,3-5,12-15,18H2,1-2H3. The molecule has 0 fully saturated rings. The average molecular weight is 274 g/mol. The smallest absolute Gasteiger partial charge is 0.119 e. The zero-order valence-corrected chi connectivity index (χ0v) is 12.7. The number of nitrogens with two attached hydrogens (primary N) is 1. The van der Waals surface area contributed by atoms with Gasteiger partial charge in [-0.05, 0) is 43.8 Å². The molecule has 0 aliphatic carbocycles. The van der Waals surface area contributed by atoms with Crippen molar-refractivity contribution in [2.75, 3.05) is 32.8 Å². The molecule has 0 unspecified atom stereocenters. The van der Waals surface area contributed by atoms with Crippen LogP contribution in [0.15, 0.2) is 24.3 Å². The SMILES string of the molecule is CCCCN(CC)CCOc1ccc(C#CCN)cc1. The normalized spacial score (nSPS) is 10.2. The van der Waals surface area contributed by atoms with Gasteiger partial charge in [0.05, 0.1) is 6.54 Å². The van der Waals surface area contributed by atoms with E-state index in [1.54, 1.807) is 0 Å². The van der Waals surface area contributed by atoms with Crippen LogP contribution in [0.25, 0.3) is 0 Å². The van der Waals surface area contributed by atoms with Crippen LogP contribution < -0.4 is 10.5 Å². The summed E-state index contributed by atoms with van der Waals surface area (Å²) in [5.74, 6) is 6.74. The van der Waals surface area contributed by atoms with E-state index in [1.807, 2.05) is 24.3 Å². The Hall–Kier alpha value is -1.50. The first-order chi connectivity index (χ1) is 9.80. The first-order valence-corrected chi connectivity index (χ1v) is 7.44. The van der Waals surface area contributed by atoms with E-state index in [9.17, 15) is 0 Å². The summed E-state index contributed by atoms with van der Waals surface area (Å²) in [4.78, 5) is 2.42. The van der Waals surface area contributed by atoms with Crippen molar-refractivity contribution in [1.82, 2.24) is 4.90 Å². The maximum Gasteiger partial charge on any atom is 0.119 e. The van der Waals surface area contributed by atoms with Gasteiger partial charge in [-0.1, -0.05) is 32.1 Å². The molecule has 0 aromatic heterocycles. The number of ether oxygens (including phenoxy) is 1. The van der Waals surface area contributed by atoms with E-state index in [0.29, 0.717) is 6.54 Å². The van der Waals surface area contributed by atoms with Crippen LogP contribution in [0.1, 0.15) is 32.3 Å². The third-order valence-electron chi connectivity index (χ3n) is 3.14. The van der Waals surface area contributed by atoms with Crippen molar-refractivity contribution in [2.45, 2.75) is 26.7 Å². The summed E-state index contributed by atoms with van der Waals surface area (Å²) < 4.78 is 5.76. The lowest BCUT2D eigenvalue weighted by molar-refractivity contribution is 0.213. The summed E-state index contributed by atoms with van der Waals surface area (Å²) in [6.07, 6.45) is 2.49. The highest BCUT2D eigenvalue weighted by Gasteiger charge is 2.01. The number of likely N-dealkylation sites (N-methyl/N-ethyl adjacent to an activating group) is 1. The summed E-state index contributed by atoms with van der Waals surface area (Å²) in [7, 11) is 0. The molecule has 1 aromatic carbocycles. The quantitative estimate of drug-likeness (QED) is 0.740. The number of hydrogen-bond acceptors (Lipinski definition) is 3. The zero-order chi connectivity index (χ0) is 14.6. The van der Waals surface area contributed by atoms with Crippen LogP contribution in [0.3, 0.4) is 0 Å². The fourth-order valence-corrected chi connectivity index (χ4v) is 1.89. The van der Waals surface area contributed by atoms with E-state index in [0.717, 1.165) is 37.6 Å². The monoisotopic (exact) mass is 274 g/mol. The lowest BCUT2D eigenvalue weighted by atomic mass is 10.2. The van der Waals surface area contributed by atoms with Crippen LogP contribution in [0, 0.1) is 11.8 Å². The Morgan fingerprint density at radius 2 is 1.90 bits per heavy atom. The fourth-order valence-electron chi connectivity index (χ4n) is 1.89. The Bertz CT molecular complexity index is 417. The Morgan fingerprint density at radius 3 is 2.50 bits per heavy atom. The molecular formula is C17H26N2O. The minimum absolute atomic E-state index is 0.392. The molecule has 0 spiro atoms. The molecule has 3 heteroatoms. The van der Waals surface area contributed by atoms with Gasteiger partial charge >= 0.3 is 0 Å². The molecule has 2 N–H and O–H groups in total. The largest absolute Gasteiger partial charge is 0.492 e. The van der Waals surface area contributed by atoms with Crippen LogP contribution in [0.4, 0.5) is 0 Å². The molecular weight excluding hydrogens is 248 g/mol. The van der Waals surface area contributed by atoms with E-state index in [4.69, 9.17) is 10.5 Å². The molecule has 0 saturated carbocycles. The lowest BCUT2D eigenvalue weighted by Gasteiger charge is -2.20. The van der Waals surface area contributed by atoms with Crippen LogP contribution in [-0.4, -0.2) is 37.7 Å². The predicted octanol–water partition coefficient (Wildman–Crippen LogP) is 2.50. The minimum atomic E-state index is 0.392. The average Bonchev–Trinajstić information content (AvgIpc) is 2.49. The first kappa shape index (κ1) is 16.6. The molecule has 1 aromatic rings. The van der Waals surface area contributed by atoms with Crippen molar-refractivity contribution in [1.29, 1.82) is 0 Å². The molecule has 0 saturated heterocycles. The van der Waals surface area contributed by atoms with Crippen molar-refractivity contribution in [3.63, 3.8) is 0 Å². The second-order valence-corrected chi connectivity index (χ2v) is 4.67. The summed E-state index contributed by atoms with van der Waals surface area (Å²) in [6, 6.07) is 7.85. The van der Waals surface area contributed by atoms with Crippen LogP contribution in [-0.2, 0) is 0 Å². The summed E-state index contributed by atoms with van der Waals surface area (Å²) in [5, 5.41) is 0. The van der Waals surface area contributed by atoms with Gasteiger partial charge in [-0.2, -0.15) is 0 Å². The maximum atomic E-state index is 5.76. The van der Waals surface area contributed by atoms with Crippen LogP contribution >= 0.6 is 0 Å².